The maximum atomic E-state index is 8.95. The van der Waals surface area contributed by atoms with Crippen LogP contribution in [0.4, 0.5) is 0 Å². The van der Waals surface area contributed by atoms with Crippen molar-refractivity contribution in [1.82, 2.24) is 18.7 Å². The van der Waals surface area contributed by atoms with Gasteiger partial charge in [-0.15, -0.1) is 0 Å². The van der Waals surface area contributed by atoms with E-state index in [1.165, 1.54) is 37.9 Å². The van der Waals surface area contributed by atoms with Gasteiger partial charge in [0.15, 0.2) is 0 Å². The molecule has 67 heavy (non-hydrogen) atoms. The van der Waals surface area contributed by atoms with Crippen LogP contribution >= 0.6 is 0 Å². The summed E-state index contributed by atoms with van der Waals surface area (Å²) in [6.07, 6.45) is 1.71. The number of pyridine rings is 1. The average molecular weight is 1050 g/mol. The molecule has 13 rings (SSSR count). The quantitative estimate of drug-likeness (QED) is 0.172. The predicted molar refractivity (Wildman–Crippen MR) is 269 cm³/mol. The van der Waals surface area contributed by atoms with Crippen LogP contribution in [0, 0.1) is 10.7 Å². The van der Waals surface area contributed by atoms with Crippen LogP contribution in [0.15, 0.2) is 188 Å². The minimum atomic E-state index is -2.47. The molecule has 0 saturated carbocycles. The van der Waals surface area contributed by atoms with Gasteiger partial charge in [-0.1, -0.05) is 118 Å². The molecule has 2 aliphatic carbocycles. The summed E-state index contributed by atoms with van der Waals surface area (Å²) >= 11 is 2.08. The molecule has 3 heterocycles. The third-order valence-corrected chi connectivity index (χ3v) is 15.1. The molecule has 0 amide bonds. The second-order valence-electron chi connectivity index (χ2n) is 18.7. The Bertz CT molecular complexity index is 4130. The van der Waals surface area contributed by atoms with Crippen LogP contribution in [0.3, 0.4) is 0 Å². The second kappa shape index (κ2) is 14.6. The molecule has 0 atom stereocenters. The molecule has 2 aliphatic rings. The summed E-state index contributed by atoms with van der Waals surface area (Å²) in [6, 6.07) is 61.9. The van der Waals surface area contributed by atoms with E-state index in [2.05, 4.69) is 148 Å². The zero-order valence-electron chi connectivity index (χ0n) is 42.9. The molecule has 1 spiro atoms. The molecule has 326 valence electrons. The molecule has 5 nitrogen and oxygen atoms in total. The van der Waals surface area contributed by atoms with Crippen LogP contribution in [0.25, 0.3) is 77.7 Å². The smallest absolute Gasteiger partial charge is 0.0619 e. The third-order valence-electron chi connectivity index (χ3n) is 14.1. The van der Waals surface area contributed by atoms with Crippen LogP contribution in [0.5, 0.6) is 11.5 Å². The number of ether oxygens (including phenoxy) is 1. The fourth-order valence-corrected chi connectivity index (χ4v) is 11.9. The monoisotopic (exact) mass is 1050 g/mol. The summed E-state index contributed by atoms with van der Waals surface area (Å²) in [5, 5.41) is 1.94. The zero-order chi connectivity index (χ0) is 50.3. The van der Waals surface area contributed by atoms with Gasteiger partial charge in [0.25, 0.3) is 0 Å². The van der Waals surface area contributed by atoms with E-state index in [9.17, 15) is 0 Å². The Morgan fingerprint density at radius 2 is 1.18 bits per heavy atom. The van der Waals surface area contributed by atoms with Gasteiger partial charge in [0.05, 0.1) is 5.41 Å². The Balaban J connectivity index is 1.04. The molecule has 0 bridgehead atoms. The number of aromatic nitrogens is 4. The van der Waals surface area contributed by atoms with Crippen molar-refractivity contribution < 1.29 is 32.3 Å². The maximum absolute atomic E-state index is 8.95. The van der Waals surface area contributed by atoms with E-state index in [1.807, 2.05) is 77.4 Å². The fourth-order valence-electron chi connectivity index (χ4n) is 11.0. The van der Waals surface area contributed by atoms with Gasteiger partial charge in [-0.25, -0.2) is 0 Å². The standard InChI is InChI=1S/C61H46N4O.Pt/c1-38-31-59(62-36-50(38)39-25-27-40(28-26-39)60(2,3)4)65-57-33-43(66-42-16-14-15-41(32-42)64-37-63(5)55-23-12-13-24-56(55)64)29-30-47(57)49-34-48-46-19-8-11-22-53(46)61(54(48)35-58(49)65)51-20-9-6-17-44(51)45-18-7-10-21-52(45)61;/h6-36H,1-5H3;/i1D3,5D3;. The molecule has 0 aliphatic heterocycles. The Morgan fingerprint density at radius 1 is 0.537 bits per heavy atom. The van der Waals surface area contributed by atoms with Gasteiger partial charge in [-0.3, -0.25) is 0 Å². The number of fused-ring (bicyclic) bond motifs is 14. The SMILES string of the molecule is [2H]C([2H])([2H])c1cc(-n2c3cc(Oc4cccc(-n5[c](=[Pt])n(C([2H])([2H])[2H])c6ccccc65)c4)ccc3c3cc4c(cc32)C2(c3ccccc3-c3ccccc32)c2ccccc2-4)ncc1-c1ccc(C(C)(C)C)cc1. The summed E-state index contributed by atoms with van der Waals surface area (Å²) in [7, 11) is 0. The first kappa shape index (κ1) is 34.0. The van der Waals surface area contributed by atoms with Crippen LogP contribution in [0.2, 0.25) is 0 Å². The molecule has 0 N–H and O–H groups in total. The van der Waals surface area contributed by atoms with Crippen molar-refractivity contribution in [3.05, 3.63) is 225 Å². The molecule has 6 heteroatoms. The van der Waals surface area contributed by atoms with E-state index in [4.69, 9.17) is 17.9 Å². The Kier molecular flexibility index (Phi) is 7.41. The van der Waals surface area contributed by atoms with E-state index >= 15 is 0 Å². The van der Waals surface area contributed by atoms with Gasteiger partial charge in [-0.2, -0.15) is 0 Å². The van der Waals surface area contributed by atoms with E-state index in [-0.39, 0.29) is 11.0 Å². The number of hydrogen-bond acceptors (Lipinski definition) is 2. The van der Waals surface area contributed by atoms with E-state index in [0.717, 1.165) is 55.3 Å². The summed E-state index contributed by atoms with van der Waals surface area (Å²) < 4.78 is 64.6. The topological polar surface area (TPSA) is 36.9 Å². The van der Waals surface area contributed by atoms with Crippen LogP contribution in [-0.2, 0) is 37.2 Å². The minimum Gasteiger partial charge on any atom is -0.0619 e. The number of rotatable bonds is 5. The number of hydrogen-bond donors (Lipinski definition) is 0. The molecule has 0 fully saturated rings. The molecular formula is C61H46N4OPt. The van der Waals surface area contributed by atoms with Crippen molar-refractivity contribution >= 4 is 32.8 Å². The fraction of sp³-hybridized carbons (Fsp3) is 0.115. The van der Waals surface area contributed by atoms with Gasteiger partial charge in [0.1, 0.15) is 0 Å². The van der Waals surface area contributed by atoms with Crippen molar-refractivity contribution in [2.45, 2.75) is 38.5 Å². The van der Waals surface area contributed by atoms with E-state index in [0.29, 0.717) is 32.2 Å². The molecule has 0 saturated heterocycles. The first-order chi connectivity index (χ1) is 35.0. The van der Waals surface area contributed by atoms with E-state index < -0.39 is 19.2 Å². The Hall–Kier alpha value is -7.33. The van der Waals surface area contributed by atoms with Crippen molar-refractivity contribution in [2.75, 3.05) is 0 Å². The molecular weight excluding hydrogens is 1000 g/mol. The predicted octanol–water partition coefficient (Wildman–Crippen LogP) is 14.9. The minimum absolute atomic E-state index is 0.0705. The van der Waals surface area contributed by atoms with Gasteiger partial charge in [-0.05, 0) is 73.5 Å². The molecule has 0 unspecified atom stereocenters. The summed E-state index contributed by atoms with van der Waals surface area (Å²) in [5.74, 6) is 1.57. The van der Waals surface area contributed by atoms with E-state index in [1.54, 1.807) is 12.3 Å². The summed E-state index contributed by atoms with van der Waals surface area (Å²) in [4.78, 5) is 5.17. The van der Waals surface area contributed by atoms with Crippen LogP contribution in [-0.4, -0.2) is 18.7 Å². The number of para-hydroxylation sites is 2. The van der Waals surface area contributed by atoms with Gasteiger partial charge in [0.2, 0.25) is 0 Å². The van der Waals surface area contributed by atoms with Crippen LogP contribution < -0.4 is 4.74 Å². The zero-order valence-corrected chi connectivity index (χ0v) is 39.2. The second-order valence-corrected chi connectivity index (χ2v) is 19.7. The first-order valence-electron chi connectivity index (χ1n) is 25.5. The number of nitrogens with zero attached hydrogens (tertiary/aromatic N) is 4. The summed E-state index contributed by atoms with van der Waals surface area (Å²) in [5.41, 5.74) is 15.3. The van der Waals surface area contributed by atoms with Crippen molar-refractivity contribution in [1.29, 1.82) is 0 Å². The van der Waals surface area contributed by atoms with Gasteiger partial charge in [0, 0.05) is 15.9 Å². The van der Waals surface area contributed by atoms with Crippen molar-refractivity contribution in [3.8, 4) is 56.4 Å². The average Bonchev–Trinajstić information content (AvgIpc) is 4.06. The number of benzene rings is 8. The third kappa shape index (κ3) is 5.77. The number of imidazole rings is 1. The molecule has 0 radical (unpaired) electrons. The van der Waals surface area contributed by atoms with Gasteiger partial charge < -0.3 is 0 Å². The Morgan fingerprint density at radius 3 is 1.87 bits per heavy atom. The van der Waals surface area contributed by atoms with Crippen LogP contribution in [0.1, 0.15) is 62.4 Å². The Labute approximate surface area is 409 Å². The first-order valence-corrected chi connectivity index (χ1v) is 23.7. The molecule has 3 aromatic heterocycles. The van der Waals surface area contributed by atoms with Crippen molar-refractivity contribution in [3.63, 3.8) is 0 Å². The molecule has 8 aromatic carbocycles. The molecule has 11 aromatic rings. The summed E-state index contributed by atoms with van der Waals surface area (Å²) in [6.45, 7) is 1.63. The number of aryl methyl sites for hydroxylation is 2. The van der Waals surface area contributed by atoms with Gasteiger partial charge >= 0.3 is 198 Å². The van der Waals surface area contributed by atoms with Crippen molar-refractivity contribution in [2.24, 2.45) is 6.98 Å². The normalized spacial score (nSPS) is 15.1.